The lowest BCUT2D eigenvalue weighted by Gasteiger charge is -2.15. The van der Waals surface area contributed by atoms with Gasteiger partial charge in [0.2, 0.25) is 15.9 Å². The first-order chi connectivity index (χ1) is 14.5. The van der Waals surface area contributed by atoms with Crippen LogP contribution in [0.1, 0.15) is 18.4 Å². The van der Waals surface area contributed by atoms with E-state index in [1.165, 1.54) is 4.31 Å². The average Bonchev–Trinajstić information content (AvgIpc) is 3.43. The molecule has 2 aromatic carbocycles. The van der Waals surface area contributed by atoms with Crippen LogP contribution in [0.2, 0.25) is 0 Å². The van der Waals surface area contributed by atoms with Gasteiger partial charge in [-0.1, -0.05) is 12.1 Å². The first kappa shape index (κ1) is 20.4. The number of nitrogens with one attached hydrogen (secondary N) is 1. The Morgan fingerprint density at radius 2 is 1.80 bits per heavy atom. The predicted molar refractivity (Wildman–Crippen MR) is 115 cm³/mol. The van der Waals surface area contributed by atoms with Gasteiger partial charge in [-0.15, -0.1) is 0 Å². The summed E-state index contributed by atoms with van der Waals surface area (Å²) in [5.41, 5.74) is 1.81. The van der Waals surface area contributed by atoms with E-state index in [1.807, 2.05) is 35.0 Å². The van der Waals surface area contributed by atoms with Crippen molar-refractivity contribution in [3.63, 3.8) is 0 Å². The van der Waals surface area contributed by atoms with E-state index in [-0.39, 0.29) is 12.5 Å². The van der Waals surface area contributed by atoms with E-state index in [0.29, 0.717) is 24.5 Å². The van der Waals surface area contributed by atoms with Gasteiger partial charge in [0.15, 0.2) is 0 Å². The van der Waals surface area contributed by atoms with Crippen LogP contribution in [0.4, 0.5) is 0 Å². The molecule has 1 aromatic heterocycles. The van der Waals surface area contributed by atoms with Gasteiger partial charge in [-0.25, -0.2) is 8.42 Å². The van der Waals surface area contributed by atoms with Crippen molar-refractivity contribution in [1.82, 2.24) is 14.2 Å². The number of methoxy groups -OCH3 is 1. The third-order valence-electron chi connectivity index (χ3n) is 5.41. The van der Waals surface area contributed by atoms with Crippen molar-refractivity contribution in [1.29, 1.82) is 0 Å². The van der Waals surface area contributed by atoms with E-state index in [9.17, 15) is 13.2 Å². The van der Waals surface area contributed by atoms with Crippen LogP contribution in [-0.4, -0.2) is 43.4 Å². The molecule has 1 fully saturated rings. The Morgan fingerprint density at radius 3 is 2.50 bits per heavy atom. The van der Waals surface area contributed by atoms with Crippen LogP contribution < -0.4 is 10.1 Å². The normalized spacial score (nSPS) is 14.8. The highest BCUT2D eigenvalue weighted by atomic mass is 32.2. The molecule has 0 bridgehead atoms. The molecule has 1 saturated heterocycles. The predicted octanol–water partition coefficient (Wildman–Crippen LogP) is 2.75. The van der Waals surface area contributed by atoms with Crippen molar-refractivity contribution >= 4 is 26.8 Å². The molecule has 0 spiro atoms. The lowest BCUT2D eigenvalue weighted by atomic mass is 10.2. The number of hydrogen-bond donors (Lipinski definition) is 1. The van der Waals surface area contributed by atoms with E-state index in [1.54, 1.807) is 31.4 Å². The van der Waals surface area contributed by atoms with E-state index >= 15 is 0 Å². The summed E-state index contributed by atoms with van der Waals surface area (Å²) in [6.07, 6.45) is 3.70. The average molecular weight is 428 g/mol. The minimum Gasteiger partial charge on any atom is -0.497 e. The van der Waals surface area contributed by atoms with Crippen molar-refractivity contribution in [3.8, 4) is 5.75 Å². The number of rotatable bonds is 7. The highest BCUT2D eigenvalue weighted by Crippen LogP contribution is 2.22. The third kappa shape index (κ3) is 4.20. The van der Waals surface area contributed by atoms with Gasteiger partial charge in [-0.2, -0.15) is 4.31 Å². The minimum atomic E-state index is -3.41. The molecule has 0 radical (unpaired) electrons. The molecule has 1 N–H and O–H groups in total. The van der Waals surface area contributed by atoms with E-state index in [2.05, 4.69) is 5.32 Å². The van der Waals surface area contributed by atoms with Gasteiger partial charge >= 0.3 is 0 Å². The van der Waals surface area contributed by atoms with Gasteiger partial charge in [0.05, 0.1) is 12.0 Å². The maximum absolute atomic E-state index is 12.6. The number of sulfonamides is 1. The number of carbonyl (C=O) groups excluding carboxylic acids is 1. The molecule has 8 heteroatoms. The Kier molecular flexibility index (Phi) is 5.78. The molecule has 7 nitrogen and oxygen atoms in total. The fourth-order valence-electron chi connectivity index (χ4n) is 3.71. The Morgan fingerprint density at radius 1 is 1.07 bits per heavy atom. The maximum Gasteiger partial charge on any atom is 0.243 e. The van der Waals surface area contributed by atoms with E-state index in [0.717, 1.165) is 35.1 Å². The molecule has 1 aliphatic heterocycles. The molecule has 158 valence electrons. The largest absolute Gasteiger partial charge is 0.497 e. The molecule has 2 heterocycles. The lowest BCUT2D eigenvalue weighted by molar-refractivity contribution is -0.121. The Hall–Kier alpha value is -2.84. The monoisotopic (exact) mass is 427 g/mol. The Bertz CT molecular complexity index is 1150. The maximum atomic E-state index is 12.6. The number of nitrogens with zero attached hydrogens (tertiary/aromatic N) is 2. The summed E-state index contributed by atoms with van der Waals surface area (Å²) in [5.74, 6) is 0.664. The molecular weight excluding hydrogens is 402 g/mol. The summed E-state index contributed by atoms with van der Waals surface area (Å²) in [7, 11) is -1.79. The van der Waals surface area contributed by atoms with Crippen LogP contribution in [0.15, 0.2) is 59.6 Å². The van der Waals surface area contributed by atoms with E-state index in [4.69, 9.17) is 4.74 Å². The highest BCUT2D eigenvalue weighted by Gasteiger charge is 2.26. The minimum absolute atomic E-state index is 0.114. The molecule has 0 unspecified atom stereocenters. The van der Waals surface area contributed by atoms with Crippen molar-refractivity contribution in [2.45, 2.75) is 30.8 Å². The molecule has 1 amide bonds. The molecule has 0 saturated carbocycles. The summed E-state index contributed by atoms with van der Waals surface area (Å²) in [5, 5.41) is 3.90. The summed E-state index contributed by atoms with van der Waals surface area (Å²) in [6.45, 7) is 1.72. The fraction of sp³-hybridized carbons (Fsp3) is 0.318. The Labute approximate surface area is 176 Å². The van der Waals surface area contributed by atoms with Crippen molar-refractivity contribution < 1.29 is 17.9 Å². The number of carbonyl (C=O) groups is 1. The quantitative estimate of drug-likeness (QED) is 0.629. The number of ether oxygens (including phenoxy) is 1. The highest BCUT2D eigenvalue weighted by molar-refractivity contribution is 7.89. The first-order valence-electron chi connectivity index (χ1n) is 9.96. The standard InChI is InChI=1S/C22H25N3O4S/c1-29-19-6-9-21-18(14-19)10-13-24(21)16-22(26)23-15-17-4-7-20(8-5-17)30(27,28)25-11-2-3-12-25/h4-10,13-14H,2-3,11-12,15-16H2,1H3,(H,23,26). The van der Waals surface area contributed by atoms with Gasteiger partial charge < -0.3 is 14.6 Å². The summed E-state index contributed by atoms with van der Waals surface area (Å²) in [6, 6.07) is 14.4. The number of fused-ring (bicyclic) bond motifs is 1. The zero-order valence-electron chi connectivity index (χ0n) is 16.9. The van der Waals surface area contributed by atoms with Gasteiger partial charge in [0, 0.05) is 36.7 Å². The van der Waals surface area contributed by atoms with Gasteiger partial charge in [-0.05, 0) is 54.8 Å². The van der Waals surface area contributed by atoms with E-state index < -0.39 is 10.0 Å². The van der Waals surface area contributed by atoms with Gasteiger partial charge in [-0.3, -0.25) is 4.79 Å². The summed E-state index contributed by atoms with van der Waals surface area (Å²) < 4.78 is 33.8. The number of aromatic nitrogens is 1. The van der Waals surface area contributed by atoms with Crippen LogP contribution in [0.25, 0.3) is 10.9 Å². The van der Waals surface area contributed by atoms with Crippen molar-refractivity contribution in [3.05, 3.63) is 60.3 Å². The van der Waals surface area contributed by atoms with Crippen LogP contribution >= 0.6 is 0 Å². The molecular formula is C22H25N3O4S. The van der Waals surface area contributed by atoms with Gasteiger partial charge in [0.25, 0.3) is 0 Å². The van der Waals surface area contributed by atoms with Crippen LogP contribution in [0.5, 0.6) is 5.75 Å². The molecule has 3 aromatic rings. The second-order valence-corrected chi connectivity index (χ2v) is 9.34. The number of benzene rings is 2. The molecule has 4 rings (SSSR count). The van der Waals surface area contributed by atoms with Gasteiger partial charge in [0.1, 0.15) is 12.3 Å². The molecule has 1 aliphatic rings. The summed E-state index contributed by atoms with van der Waals surface area (Å²) >= 11 is 0. The summed E-state index contributed by atoms with van der Waals surface area (Å²) in [4.78, 5) is 12.7. The zero-order valence-corrected chi connectivity index (χ0v) is 17.7. The second kappa shape index (κ2) is 8.49. The molecule has 30 heavy (non-hydrogen) atoms. The SMILES string of the molecule is COc1ccc2c(ccn2CC(=O)NCc2ccc(S(=O)(=O)N3CCCC3)cc2)c1. The van der Waals surface area contributed by atoms with Crippen LogP contribution in [-0.2, 0) is 27.9 Å². The number of hydrogen-bond acceptors (Lipinski definition) is 4. The lowest BCUT2D eigenvalue weighted by Crippen LogP contribution is -2.28. The van der Waals surface area contributed by atoms with Crippen LogP contribution in [0, 0.1) is 0 Å². The zero-order chi connectivity index (χ0) is 21.1. The van der Waals surface area contributed by atoms with Crippen molar-refractivity contribution in [2.75, 3.05) is 20.2 Å². The second-order valence-electron chi connectivity index (χ2n) is 7.40. The topological polar surface area (TPSA) is 80.6 Å². The first-order valence-corrected chi connectivity index (χ1v) is 11.4. The van der Waals surface area contributed by atoms with Crippen molar-refractivity contribution in [2.24, 2.45) is 0 Å². The third-order valence-corrected chi connectivity index (χ3v) is 7.32. The molecule has 0 aliphatic carbocycles. The smallest absolute Gasteiger partial charge is 0.243 e. The Balaban J connectivity index is 1.36. The number of amides is 1. The molecule has 0 atom stereocenters. The fourth-order valence-corrected chi connectivity index (χ4v) is 5.23. The van der Waals surface area contributed by atoms with Crippen LogP contribution in [0.3, 0.4) is 0 Å².